The number of carboxylic acid groups (broad SMARTS) is 1. The Morgan fingerprint density at radius 3 is 2.16 bits per heavy atom. The molecule has 238 valence electrons. The van der Waals surface area contributed by atoms with Crippen molar-refractivity contribution >= 4 is 28.9 Å². The zero-order valence-corrected chi connectivity index (χ0v) is 26.5. The fourth-order valence-corrected chi connectivity index (χ4v) is 5.42. The molecule has 0 radical (unpaired) electrons. The van der Waals surface area contributed by atoms with Gasteiger partial charge in [-0.15, -0.1) is 0 Å². The van der Waals surface area contributed by atoms with Crippen LogP contribution in [0.15, 0.2) is 91.1 Å². The Morgan fingerprint density at radius 2 is 1.51 bits per heavy atom. The quantitative estimate of drug-likeness (QED) is 0.155. The molecule has 4 aromatic rings. The Bertz CT molecular complexity index is 1550. The first kappa shape index (κ1) is 33.3. The third-order valence-corrected chi connectivity index (χ3v) is 7.63. The van der Waals surface area contributed by atoms with Gasteiger partial charge >= 0.3 is 12.1 Å². The highest BCUT2D eigenvalue weighted by Crippen LogP contribution is 2.28. The number of hydrogen-bond donors (Lipinski definition) is 3. The van der Waals surface area contributed by atoms with Crippen LogP contribution in [0.4, 0.5) is 4.79 Å². The Morgan fingerprint density at radius 1 is 0.889 bits per heavy atom. The highest BCUT2D eigenvalue weighted by atomic mass is 16.6. The summed E-state index contributed by atoms with van der Waals surface area (Å²) < 4.78 is 5.79. The molecule has 2 amide bonds. The predicted octanol–water partition coefficient (Wildman–Crippen LogP) is 5.82. The number of nitrogens with zero attached hydrogens (tertiary/aromatic N) is 2. The van der Waals surface area contributed by atoms with Crippen LogP contribution in [-0.4, -0.2) is 76.2 Å². The lowest BCUT2D eigenvalue weighted by molar-refractivity contribution is -0.139. The van der Waals surface area contributed by atoms with Crippen molar-refractivity contribution in [3.8, 4) is 0 Å². The molecular formula is C36H44N4O5. The molecule has 0 unspecified atom stereocenters. The molecule has 3 N–H and O–H groups in total. The van der Waals surface area contributed by atoms with E-state index in [0.717, 1.165) is 27.6 Å². The number of likely N-dealkylation sites (N-methyl/N-ethyl adjacent to an activating group) is 1. The Kier molecular flexibility index (Phi) is 11.4. The molecule has 1 aromatic heterocycles. The lowest BCUT2D eigenvalue weighted by atomic mass is 9.95. The molecule has 0 aliphatic heterocycles. The summed E-state index contributed by atoms with van der Waals surface area (Å²) >= 11 is 0. The number of rotatable bonds is 14. The summed E-state index contributed by atoms with van der Waals surface area (Å²) in [4.78, 5) is 46.2. The number of para-hydroxylation sites is 1. The lowest BCUT2D eigenvalue weighted by Crippen LogP contribution is -2.54. The number of benzene rings is 3. The number of H-pyrrole nitrogens is 1. The molecule has 2 atom stereocenters. The molecule has 0 aliphatic carbocycles. The van der Waals surface area contributed by atoms with E-state index in [1.165, 1.54) is 4.90 Å². The SMILES string of the molecule is CN(Cc1ccccc1)C(=O)[C@H](Cc1ccccc1)N(CCNCC[C@H](C(=O)O)c1c[nH]c2ccccc12)C(=O)OC(C)(C)C. The first-order chi connectivity index (χ1) is 21.5. The van der Waals surface area contributed by atoms with Crippen LogP contribution in [0, 0.1) is 0 Å². The average molecular weight is 613 g/mol. The summed E-state index contributed by atoms with van der Waals surface area (Å²) in [6.45, 7) is 6.75. The zero-order valence-electron chi connectivity index (χ0n) is 26.5. The number of aliphatic carboxylic acids is 1. The Labute approximate surface area is 265 Å². The number of aromatic nitrogens is 1. The van der Waals surface area contributed by atoms with Crippen molar-refractivity contribution < 1.29 is 24.2 Å². The predicted molar refractivity (Wildman–Crippen MR) is 176 cm³/mol. The van der Waals surface area contributed by atoms with Gasteiger partial charge in [-0.2, -0.15) is 0 Å². The number of hydrogen-bond acceptors (Lipinski definition) is 5. The van der Waals surface area contributed by atoms with Crippen LogP contribution in [0.1, 0.15) is 49.8 Å². The van der Waals surface area contributed by atoms with E-state index >= 15 is 0 Å². The van der Waals surface area contributed by atoms with E-state index in [0.29, 0.717) is 32.5 Å². The topological polar surface area (TPSA) is 115 Å². The Hall–Kier alpha value is -4.63. The van der Waals surface area contributed by atoms with Crippen molar-refractivity contribution in [1.82, 2.24) is 20.1 Å². The standard InChI is InChI=1S/C36H44N4O5/c1-36(2,3)45-35(44)40(22-21-37-20-19-29(34(42)43)30-24-38-31-18-12-11-17-28(30)31)32(23-26-13-7-5-8-14-26)33(41)39(4)25-27-15-9-6-10-16-27/h5-18,24,29,32,37-38H,19-23,25H2,1-4H3,(H,42,43)/t29-,32-/m0/s1. The van der Waals surface area contributed by atoms with E-state index in [1.807, 2.05) is 84.9 Å². The van der Waals surface area contributed by atoms with Crippen molar-refractivity contribution in [2.24, 2.45) is 0 Å². The molecular weight excluding hydrogens is 568 g/mol. The fraction of sp³-hybridized carbons (Fsp3) is 0.361. The highest BCUT2D eigenvalue weighted by molar-refractivity contribution is 5.89. The summed E-state index contributed by atoms with van der Waals surface area (Å²) in [6.07, 6.45) is 1.86. The number of carbonyl (C=O) groups excluding carboxylic acids is 2. The third-order valence-electron chi connectivity index (χ3n) is 7.63. The van der Waals surface area contributed by atoms with Crippen LogP contribution in [0.5, 0.6) is 0 Å². The van der Waals surface area contributed by atoms with Crippen molar-refractivity contribution in [1.29, 1.82) is 0 Å². The van der Waals surface area contributed by atoms with Crippen molar-refractivity contribution in [2.75, 3.05) is 26.7 Å². The fourth-order valence-electron chi connectivity index (χ4n) is 5.42. The van der Waals surface area contributed by atoms with Crippen molar-refractivity contribution in [2.45, 2.75) is 57.7 Å². The lowest BCUT2D eigenvalue weighted by Gasteiger charge is -2.35. The molecule has 9 nitrogen and oxygen atoms in total. The van der Waals surface area contributed by atoms with Gasteiger partial charge in [-0.3, -0.25) is 14.5 Å². The molecule has 0 saturated heterocycles. The molecule has 9 heteroatoms. The van der Waals surface area contributed by atoms with Crippen LogP contribution in [0.25, 0.3) is 10.9 Å². The second kappa shape index (κ2) is 15.4. The van der Waals surface area contributed by atoms with Gasteiger partial charge < -0.3 is 25.0 Å². The molecule has 0 bridgehead atoms. The Balaban J connectivity index is 1.50. The maximum absolute atomic E-state index is 14.0. The summed E-state index contributed by atoms with van der Waals surface area (Å²) in [5.41, 5.74) is 2.79. The maximum Gasteiger partial charge on any atom is 0.411 e. The van der Waals surface area contributed by atoms with E-state index in [-0.39, 0.29) is 12.5 Å². The normalized spacial score (nSPS) is 12.8. The van der Waals surface area contributed by atoms with Gasteiger partial charge in [0.25, 0.3) is 0 Å². The van der Waals surface area contributed by atoms with Gasteiger partial charge in [0.2, 0.25) is 5.91 Å². The zero-order chi connectivity index (χ0) is 32.4. The summed E-state index contributed by atoms with van der Waals surface area (Å²) in [6, 6.07) is 26.2. The summed E-state index contributed by atoms with van der Waals surface area (Å²) in [5.74, 6) is -1.79. The first-order valence-corrected chi connectivity index (χ1v) is 15.4. The van der Waals surface area contributed by atoms with Gasteiger partial charge in [-0.05, 0) is 56.5 Å². The second-order valence-electron chi connectivity index (χ2n) is 12.3. The molecule has 0 saturated carbocycles. The minimum atomic E-state index is -0.896. The smallest absolute Gasteiger partial charge is 0.411 e. The van der Waals surface area contributed by atoms with E-state index < -0.39 is 29.6 Å². The van der Waals surface area contributed by atoms with Gasteiger partial charge in [0, 0.05) is 50.2 Å². The van der Waals surface area contributed by atoms with Gasteiger partial charge in [-0.1, -0.05) is 78.9 Å². The van der Waals surface area contributed by atoms with Gasteiger partial charge in [0.1, 0.15) is 11.6 Å². The number of amides is 2. The average Bonchev–Trinajstić information content (AvgIpc) is 3.43. The number of aromatic amines is 1. The molecule has 0 spiro atoms. The number of ether oxygens (including phenoxy) is 1. The van der Waals surface area contributed by atoms with Gasteiger partial charge in [-0.25, -0.2) is 4.79 Å². The van der Waals surface area contributed by atoms with Crippen LogP contribution in [0.3, 0.4) is 0 Å². The number of carboxylic acids is 1. The monoisotopic (exact) mass is 612 g/mol. The minimum absolute atomic E-state index is 0.196. The van der Waals surface area contributed by atoms with E-state index in [4.69, 9.17) is 4.74 Å². The van der Waals surface area contributed by atoms with Gasteiger partial charge in [0.05, 0.1) is 5.92 Å². The molecule has 1 heterocycles. The van der Waals surface area contributed by atoms with Crippen molar-refractivity contribution in [3.05, 3.63) is 108 Å². The second-order valence-corrected chi connectivity index (χ2v) is 12.3. The van der Waals surface area contributed by atoms with Crippen LogP contribution in [0.2, 0.25) is 0 Å². The van der Waals surface area contributed by atoms with Crippen LogP contribution in [-0.2, 0) is 27.3 Å². The minimum Gasteiger partial charge on any atom is -0.481 e. The van der Waals surface area contributed by atoms with Crippen LogP contribution < -0.4 is 5.32 Å². The van der Waals surface area contributed by atoms with Gasteiger partial charge in [0.15, 0.2) is 0 Å². The summed E-state index contributed by atoms with van der Waals surface area (Å²) in [7, 11) is 1.75. The molecule has 0 fully saturated rings. The maximum atomic E-state index is 14.0. The number of carbonyl (C=O) groups is 3. The molecule has 0 aliphatic rings. The van der Waals surface area contributed by atoms with E-state index in [2.05, 4.69) is 10.3 Å². The van der Waals surface area contributed by atoms with E-state index in [1.54, 1.807) is 38.9 Å². The number of fused-ring (bicyclic) bond motifs is 1. The third kappa shape index (κ3) is 9.43. The largest absolute Gasteiger partial charge is 0.481 e. The molecule has 45 heavy (non-hydrogen) atoms. The molecule has 4 rings (SSSR count). The summed E-state index contributed by atoms with van der Waals surface area (Å²) in [5, 5.41) is 14.2. The highest BCUT2D eigenvalue weighted by Gasteiger charge is 2.34. The van der Waals surface area contributed by atoms with Crippen molar-refractivity contribution in [3.63, 3.8) is 0 Å². The molecule has 3 aromatic carbocycles. The first-order valence-electron chi connectivity index (χ1n) is 15.4. The van der Waals surface area contributed by atoms with E-state index in [9.17, 15) is 19.5 Å². The van der Waals surface area contributed by atoms with Crippen LogP contribution >= 0.6 is 0 Å². The number of nitrogens with one attached hydrogen (secondary N) is 2.